The molecule has 2 rings (SSSR count). The Morgan fingerprint density at radius 3 is 3.00 bits per heavy atom. The second-order valence-corrected chi connectivity index (χ2v) is 6.23. The minimum absolute atomic E-state index is 0.0440. The Hall–Kier alpha value is -1.47. The van der Waals surface area contributed by atoms with Gasteiger partial charge in [0.15, 0.2) is 5.13 Å². The summed E-state index contributed by atoms with van der Waals surface area (Å²) in [4.78, 5) is 29.9. The standard InChI is InChI=1S/C13H20N4O2S/c1-13(11(19)14-2)4-3-6-17(9-13)8-10(18)16-12-15-5-7-20-12/h5,7H,3-4,6,8-9H2,1-2H3,(H,14,19)(H,15,16,18)/t13-/m1/s1. The molecular weight excluding hydrogens is 276 g/mol. The van der Waals surface area contributed by atoms with Crippen LogP contribution in [-0.2, 0) is 9.59 Å². The fraction of sp³-hybridized carbons (Fsp3) is 0.615. The molecule has 2 amide bonds. The third-order valence-corrected chi connectivity index (χ3v) is 4.29. The molecule has 1 aromatic rings. The smallest absolute Gasteiger partial charge is 0.240 e. The maximum atomic E-state index is 11.9. The summed E-state index contributed by atoms with van der Waals surface area (Å²) in [6, 6.07) is 0. The number of rotatable bonds is 4. The van der Waals surface area contributed by atoms with Crippen molar-refractivity contribution in [3.63, 3.8) is 0 Å². The van der Waals surface area contributed by atoms with Crippen molar-refractivity contribution in [2.24, 2.45) is 5.41 Å². The highest BCUT2D eigenvalue weighted by molar-refractivity contribution is 7.13. The van der Waals surface area contributed by atoms with Gasteiger partial charge in [-0.3, -0.25) is 14.5 Å². The van der Waals surface area contributed by atoms with Crippen LogP contribution in [0.25, 0.3) is 0 Å². The molecule has 20 heavy (non-hydrogen) atoms. The summed E-state index contributed by atoms with van der Waals surface area (Å²) >= 11 is 1.40. The summed E-state index contributed by atoms with van der Waals surface area (Å²) in [5.74, 6) is -0.0383. The topological polar surface area (TPSA) is 74.3 Å². The Morgan fingerprint density at radius 1 is 1.55 bits per heavy atom. The number of nitrogens with one attached hydrogen (secondary N) is 2. The first kappa shape index (κ1) is 14.9. The van der Waals surface area contributed by atoms with Gasteiger partial charge in [-0.2, -0.15) is 0 Å². The Kier molecular flexibility index (Phi) is 4.72. The van der Waals surface area contributed by atoms with Crippen LogP contribution in [0.3, 0.4) is 0 Å². The molecule has 1 atom stereocenters. The maximum absolute atomic E-state index is 11.9. The maximum Gasteiger partial charge on any atom is 0.240 e. The Morgan fingerprint density at radius 2 is 2.35 bits per heavy atom. The summed E-state index contributed by atoms with van der Waals surface area (Å²) in [7, 11) is 1.65. The number of piperidine rings is 1. The lowest BCUT2D eigenvalue weighted by Crippen LogP contribution is -2.51. The van der Waals surface area contributed by atoms with Crippen molar-refractivity contribution in [1.82, 2.24) is 15.2 Å². The molecule has 0 bridgehead atoms. The predicted molar refractivity (Wildman–Crippen MR) is 78.6 cm³/mol. The van der Waals surface area contributed by atoms with E-state index in [1.165, 1.54) is 11.3 Å². The van der Waals surface area contributed by atoms with Gasteiger partial charge in [0.1, 0.15) is 0 Å². The van der Waals surface area contributed by atoms with E-state index in [9.17, 15) is 9.59 Å². The summed E-state index contributed by atoms with van der Waals surface area (Å²) in [5, 5.41) is 7.91. The van der Waals surface area contributed by atoms with Crippen molar-refractivity contribution < 1.29 is 9.59 Å². The zero-order valence-electron chi connectivity index (χ0n) is 11.8. The van der Waals surface area contributed by atoms with E-state index in [1.807, 2.05) is 17.2 Å². The van der Waals surface area contributed by atoms with E-state index < -0.39 is 5.41 Å². The third-order valence-electron chi connectivity index (χ3n) is 3.60. The number of carbonyl (C=O) groups is 2. The molecule has 2 N–H and O–H groups in total. The van der Waals surface area contributed by atoms with E-state index in [4.69, 9.17) is 0 Å². The molecule has 1 aliphatic heterocycles. The highest BCUT2D eigenvalue weighted by Gasteiger charge is 2.37. The first-order valence-electron chi connectivity index (χ1n) is 6.67. The van der Waals surface area contributed by atoms with Gasteiger partial charge in [0.05, 0.1) is 12.0 Å². The fourth-order valence-corrected chi connectivity index (χ4v) is 3.16. The van der Waals surface area contributed by atoms with Gasteiger partial charge in [-0.25, -0.2) is 4.98 Å². The number of thiazole rings is 1. The van der Waals surface area contributed by atoms with Gasteiger partial charge in [-0.15, -0.1) is 11.3 Å². The van der Waals surface area contributed by atoms with Crippen LogP contribution in [0.1, 0.15) is 19.8 Å². The molecule has 0 aliphatic carbocycles. The van der Waals surface area contributed by atoms with Gasteiger partial charge in [0.25, 0.3) is 0 Å². The number of nitrogens with zero attached hydrogens (tertiary/aromatic N) is 2. The van der Waals surface area contributed by atoms with Crippen LogP contribution in [0.2, 0.25) is 0 Å². The molecule has 1 fully saturated rings. The quantitative estimate of drug-likeness (QED) is 0.867. The highest BCUT2D eigenvalue weighted by Crippen LogP contribution is 2.29. The van der Waals surface area contributed by atoms with Crippen molar-refractivity contribution in [3.05, 3.63) is 11.6 Å². The Labute approximate surface area is 122 Å². The van der Waals surface area contributed by atoms with Gasteiger partial charge in [0, 0.05) is 25.2 Å². The lowest BCUT2D eigenvalue weighted by molar-refractivity contribution is -0.133. The van der Waals surface area contributed by atoms with Crippen LogP contribution in [0, 0.1) is 5.41 Å². The minimum Gasteiger partial charge on any atom is -0.359 e. The number of likely N-dealkylation sites (tertiary alicyclic amines) is 1. The van der Waals surface area contributed by atoms with E-state index in [0.717, 1.165) is 19.4 Å². The van der Waals surface area contributed by atoms with Gasteiger partial charge in [0.2, 0.25) is 11.8 Å². The number of carbonyl (C=O) groups excluding carboxylic acids is 2. The van der Waals surface area contributed by atoms with E-state index in [2.05, 4.69) is 15.6 Å². The predicted octanol–water partition coefficient (Wildman–Crippen LogP) is 0.930. The van der Waals surface area contributed by atoms with Crippen molar-refractivity contribution in [3.8, 4) is 0 Å². The SMILES string of the molecule is CNC(=O)[C@]1(C)CCCN(CC(=O)Nc2nccs2)C1. The summed E-state index contributed by atoms with van der Waals surface area (Å²) in [6.07, 6.45) is 3.44. The van der Waals surface area contributed by atoms with Crippen LogP contribution >= 0.6 is 11.3 Å². The zero-order valence-corrected chi connectivity index (χ0v) is 12.6. The van der Waals surface area contributed by atoms with E-state index >= 15 is 0 Å². The molecule has 0 unspecified atom stereocenters. The highest BCUT2D eigenvalue weighted by atomic mass is 32.1. The molecule has 7 heteroatoms. The first-order valence-corrected chi connectivity index (χ1v) is 7.55. The van der Waals surface area contributed by atoms with Gasteiger partial charge < -0.3 is 10.6 Å². The number of hydrogen-bond acceptors (Lipinski definition) is 5. The molecule has 1 aliphatic rings. The van der Waals surface area contributed by atoms with E-state index in [0.29, 0.717) is 18.2 Å². The van der Waals surface area contributed by atoms with Gasteiger partial charge >= 0.3 is 0 Å². The van der Waals surface area contributed by atoms with Crippen LogP contribution in [0.5, 0.6) is 0 Å². The van der Waals surface area contributed by atoms with Crippen LogP contribution in [0.4, 0.5) is 5.13 Å². The second-order valence-electron chi connectivity index (χ2n) is 5.34. The number of amides is 2. The van der Waals surface area contributed by atoms with Crippen molar-refractivity contribution >= 4 is 28.3 Å². The van der Waals surface area contributed by atoms with E-state index in [1.54, 1.807) is 13.2 Å². The Bertz CT molecular complexity index is 477. The van der Waals surface area contributed by atoms with Gasteiger partial charge in [-0.1, -0.05) is 0 Å². The van der Waals surface area contributed by atoms with Crippen LogP contribution in [-0.4, -0.2) is 48.4 Å². The molecule has 1 aromatic heterocycles. The van der Waals surface area contributed by atoms with Crippen molar-refractivity contribution in [2.45, 2.75) is 19.8 Å². The minimum atomic E-state index is -0.408. The first-order chi connectivity index (χ1) is 9.53. The average Bonchev–Trinajstić information content (AvgIpc) is 2.90. The molecule has 0 spiro atoms. The second kappa shape index (κ2) is 6.32. The summed E-state index contributed by atoms with van der Waals surface area (Å²) < 4.78 is 0. The molecule has 2 heterocycles. The van der Waals surface area contributed by atoms with Crippen molar-refractivity contribution in [1.29, 1.82) is 0 Å². The molecule has 0 saturated carbocycles. The largest absolute Gasteiger partial charge is 0.359 e. The number of aromatic nitrogens is 1. The normalized spacial score (nSPS) is 23.3. The summed E-state index contributed by atoms with van der Waals surface area (Å²) in [6.45, 7) is 3.71. The van der Waals surface area contributed by atoms with Crippen LogP contribution in [0.15, 0.2) is 11.6 Å². The molecule has 1 saturated heterocycles. The lowest BCUT2D eigenvalue weighted by atomic mass is 9.81. The number of anilines is 1. The molecule has 0 radical (unpaired) electrons. The molecule has 110 valence electrons. The molecule has 6 nitrogen and oxygen atoms in total. The van der Waals surface area contributed by atoms with Crippen molar-refractivity contribution in [2.75, 3.05) is 32.0 Å². The van der Waals surface area contributed by atoms with E-state index in [-0.39, 0.29) is 11.8 Å². The zero-order chi connectivity index (χ0) is 14.6. The third kappa shape index (κ3) is 3.55. The number of hydrogen-bond donors (Lipinski definition) is 2. The molecular formula is C13H20N4O2S. The summed E-state index contributed by atoms with van der Waals surface area (Å²) in [5.41, 5.74) is -0.408. The Balaban J connectivity index is 1.89. The molecule has 0 aromatic carbocycles. The average molecular weight is 296 g/mol. The lowest BCUT2D eigenvalue weighted by Gasteiger charge is -2.38. The van der Waals surface area contributed by atoms with Crippen LogP contribution < -0.4 is 10.6 Å². The fourth-order valence-electron chi connectivity index (χ4n) is 2.61. The monoisotopic (exact) mass is 296 g/mol. The van der Waals surface area contributed by atoms with Gasteiger partial charge in [-0.05, 0) is 26.3 Å².